The largest absolute Gasteiger partial charge is 0.253 e. The predicted octanol–water partition coefficient (Wildman–Crippen LogP) is 5.87. The van der Waals surface area contributed by atoms with Crippen molar-refractivity contribution in [2.75, 3.05) is 5.43 Å². The number of nitrogens with zero attached hydrogens (tertiary/aromatic N) is 2. The first-order valence-electron chi connectivity index (χ1n) is 6.90. The lowest BCUT2D eigenvalue weighted by Crippen LogP contribution is -1.90. The van der Waals surface area contributed by atoms with Crippen LogP contribution in [0.25, 0.3) is 11.3 Å². The first-order valence-corrected chi connectivity index (χ1v) is 8.47. The SMILES string of the molecule is Cc1sc(NN=Cc2ccc(Cl)cc2)nc1-c1ccc(Cl)cc1. The molecule has 0 aliphatic heterocycles. The molecule has 0 aliphatic rings. The Morgan fingerprint density at radius 3 is 2.26 bits per heavy atom. The van der Waals surface area contributed by atoms with E-state index < -0.39 is 0 Å². The third-order valence-electron chi connectivity index (χ3n) is 3.16. The van der Waals surface area contributed by atoms with Crippen LogP contribution in [-0.2, 0) is 0 Å². The average molecular weight is 362 g/mol. The molecule has 0 aliphatic carbocycles. The zero-order chi connectivity index (χ0) is 16.2. The van der Waals surface area contributed by atoms with E-state index in [2.05, 4.69) is 15.5 Å². The highest BCUT2D eigenvalue weighted by Crippen LogP contribution is 2.30. The first-order chi connectivity index (χ1) is 11.1. The number of thiazole rings is 1. The van der Waals surface area contributed by atoms with Gasteiger partial charge in [0.1, 0.15) is 0 Å². The van der Waals surface area contributed by atoms with Crippen molar-refractivity contribution in [3.8, 4) is 11.3 Å². The molecular weight excluding hydrogens is 349 g/mol. The van der Waals surface area contributed by atoms with Gasteiger partial charge in [0.25, 0.3) is 0 Å². The molecule has 6 heteroatoms. The van der Waals surface area contributed by atoms with Crippen molar-refractivity contribution in [2.24, 2.45) is 5.10 Å². The zero-order valence-electron chi connectivity index (χ0n) is 12.3. The van der Waals surface area contributed by atoms with Crippen LogP contribution in [0.5, 0.6) is 0 Å². The lowest BCUT2D eigenvalue weighted by molar-refractivity contribution is 1.28. The third-order valence-corrected chi connectivity index (χ3v) is 4.54. The molecule has 1 N–H and O–H groups in total. The van der Waals surface area contributed by atoms with E-state index in [1.165, 1.54) is 0 Å². The fourth-order valence-electron chi connectivity index (χ4n) is 2.03. The van der Waals surface area contributed by atoms with Crippen molar-refractivity contribution < 1.29 is 0 Å². The van der Waals surface area contributed by atoms with Crippen LogP contribution in [0.4, 0.5) is 5.13 Å². The van der Waals surface area contributed by atoms with Gasteiger partial charge in [-0.15, -0.1) is 11.3 Å². The van der Waals surface area contributed by atoms with Gasteiger partial charge in [0.15, 0.2) is 0 Å². The molecule has 0 spiro atoms. The van der Waals surface area contributed by atoms with Gasteiger partial charge in [-0.25, -0.2) is 4.98 Å². The van der Waals surface area contributed by atoms with Crippen LogP contribution in [-0.4, -0.2) is 11.2 Å². The summed E-state index contributed by atoms with van der Waals surface area (Å²) < 4.78 is 0. The second-order valence-corrected chi connectivity index (χ2v) is 6.93. The maximum absolute atomic E-state index is 5.92. The van der Waals surface area contributed by atoms with Crippen LogP contribution in [0.15, 0.2) is 53.6 Å². The number of benzene rings is 2. The summed E-state index contributed by atoms with van der Waals surface area (Å²) in [6.45, 7) is 2.04. The van der Waals surface area contributed by atoms with Crippen molar-refractivity contribution in [2.45, 2.75) is 6.92 Å². The van der Waals surface area contributed by atoms with Gasteiger partial charge in [-0.1, -0.05) is 47.5 Å². The van der Waals surface area contributed by atoms with Crippen molar-refractivity contribution in [1.82, 2.24) is 4.98 Å². The molecule has 116 valence electrons. The monoisotopic (exact) mass is 361 g/mol. The molecule has 0 bridgehead atoms. The molecule has 0 saturated carbocycles. The van der Waals surface area contributed by atoms with E-state index in [9.17, 15) is 0 Å². The van der Waals surface area contributed by atoms with Crippen LogP contribution in [0.3, 0.4) is 0 Å². The van der Waals surface area contributed by atoms with Gasteiger partial charge >= 0.3 is 0 Å². The lowest BCUT2D eigenvalue weighted by Gasteiger charge is -1.98. The number of anilines is 1. The average Bonchev–Trinajstić information content (AvgIpc) is 2.91. The summed E-state index contributed by atoms with van der Waals surface area (Å²) in [5.41, 5.74) is 5.91. The Balaban J connectivity index is 1.73. The van der Waals surface area contributed by atoms with Crippen LogP contribution in [0.1, 0.15) is 10.4 Å². The quantitative estimate of drug-likeness (QED) is 0.465. The molecule has 0 atom stereocenters. The smallest absolute Gasteiger partial charge is 0.204 e. The Hall–Kier alpha value is -1.88. The Bertz CT molecular complexity index is 824. The number of nitrogens with one attached hydrogen (secondary N) is 1. The lowest BCUT2D eigenvalue weighted by atomic mass is 10.1. The summed E-state index contributed by atoms with van der Waals surface area (Å²) in [6, 6.07) is 15.1. The van der Waals surface area contributed by atoms with E-state index >= 15 is 0 Å². The molecule has 1 aromatic heterocycles. The van der Waals surface area contributed by atoms with E-state index in [-0.39, 0.29) is 0 Å². The number of aromatic nitrogens is 1. The summed E-state index contributed by atoms with van der Waals surface area (Å²) >= 11 is 13.3. The minimum Gasteiger partial charge on any atom is -0.253 e. The van der Waals surface area contributed by atoms with Crippen molar-refractivity contribution in [1.29, 1.82) is 0 Å². The molecule has 23 heavy (non-hydrogen) atoms. The minimum atomic E-state index is 0.707. The van der Waals surface area contributed by atoms with Crippen LogP contribution >= 0.6 is 34.5 Å². The van der Waals surface area contributed by atoms with Gasteiger partial charge < -0.3 is 0 Å². The van der Waals surface area contributed by atoms with Crippen molar-refractivity contribution >= 4 is 45.9 Å². The molecule has 3 nitrogen and oxygen atoms in total. The number of hydrazone groups is 1. The predicted molar refractivity (Wildman–Crippen MR) is 100.0 cm³/mol. The van der Waals surface area contributed by atoms with Gasteiger partial charge in [0, 0.05) is 20.5 Å². The van der Waals surface area contributed by atoms with Gasteiger partial charge in [0.05, 0.1) is 11.9 Å². The Labute approximate surface area is 148 Å². The molecule has 0 amide bonds. The molecule has 1 heterocycles. The Morgan fingerprint density at radius 1 is 1.00 bits per heavy atom. The number of rotatable bonds is 4. The summed E-state index contributed by atoms with van der Waals surface area (Å²) in [5.74, 6) is 0. The number of aryl methyl sites for hydroxylation is 1. The van der Waals surface area contributed by atoms with Gasteiger partial charge in [0.2, 0.25) is 5.13 Å². The van der Waals surface area contributed by atoms with Gasteiger partial charge in [-0.2, -0.15) is 5.10 Å². The topological polar surface area (TPSA) is 37.3 Å². The normalized spacial score (nSPS) is 11.1. The maximum Gasteiger partial charge on any atom is 0.204 e. The molecule has 3 rings (SSSR count). The second kappa shape index (κ2) is 7.13. The highest BCUT2D eigenvalue weighted by Gasteiger charge is 2.09. The molecule has 2 aromatic carbocycles. The van der Waals surface area contributed by atoms with E-state index in [1.807, 2.05) is 55.5 Å². The highest BCUT2D eigenvalue weighted by atomic mass is 35.5. The first kappa shape index (κ1) is 16.0. The number of hydrogen-bond donors (Lipinski definition) is 1. The summed E-state index contributed by atoms with van der Waals surface area (Å²) in [6.07, 6.45) is 1.73. The molecule has 0 saturated heterocycles. The van der Waals surface area contributed by atoms with Crippen molar-refractivity contribution in [3.63, 3.8) is 0 Å². The zero-order valence-corrected chi connectivity index (χ0v) is 14.6. The number of hydrogen-bond acceptors (Lipinski definition) is 4. The Morgan fingerprint density at radius 2 is 1.61 bits per heavy atom. The van der Waals surface area contributed by atoms with Gasteiger partial charge in [-0.05, 0) is 36.8 Å². The fraction of sp³-hybridized carbons (Fsp3) is 0.0588. The van der Waals surface area contributed by atoms with E-state index in [0.29, 0.717) is 10.0 Å². The standard InChI is InChI=1S/C17H13Cl2N3S/c1-11-16(13-4-8-15(19)9-5-13)21-17(23-11)22-20-10-12-2-6-14(18)7-3-12/h2-10H,1H3,(H,21,22). The summed E-state index contributed by atoms with van der Waals surface area (Å²) in [4.78, 5) is 5.71. The molecular formula is C17H13Cl2N3S. The van der Waals surface area contributed by atoms with E-state index in [4.69, 9.17) is 23.2 Å². The van der Waals surface area contributed by atoms with Gasteiger partial charge in [-0.3, -0.25) is 5.43 Å². The summed E-state index contributed by atoms with van der Waals surface area (Å²) in [5, 5.41) is 6.38. The summed E-state index contributed by atoms with van der Waals surface area (Å²) in [7, 11) is 0. The second-order valence-electron chi connectivity index (χ2n) is 4.85. The molecule has 0 radical (unpaired) electrons. The third kappa shape index (κ3) is 4.10. The van der Waals surface area contributed by atoms with Crippen LogP contribution in [0, 0.1) is 6.92 Å². The Kier molecular flexibility index (Phi) is 4.96. The molecule has 0 fully saturated rings. The molecule has 0 unspecified atom stereocenters. The van der Waals surface area contributed by atoms with Crippen molar-refractivity contribution in [3.05, 3.63) is 69.0 Å². The minimum absolute atomic E-state index is 0.707. The van der Waals surface area contributed by atoms with E-state index in [1.54, 1.807) is 17.6 Å². The van der Waals surface area contributed by atoms with Crippen LogP contribution in [0.2, 0.25) is 10.0 Å². The fourth-order valence-corrected chi connectivity index (χ4v) is 3.07. The molecule has 3 aromatic rings. The van der Waals surface area contributed by atoms with Crippen LogP contribution < -0.4 is 5.43 Å². The highest BCUT2D eigenvalue weighted by molar-refractivity contribution is 7.15. The number of halogens is 2. The maximum atomic E-state index is 5.92. The van der Waals surface area contributed by atoms with E-state index in [0.717, 1.165) is 26.8 Å².